The summed E-state index contributed by atoms with van der Waals surface area (Å²) in [5.74, 6) is 0.0834. The number of halogens is 1. The van der Waals surface area contributed by atoms with Crippen LogP contribution in [0.2, 0.25) is 0 Å². The van der Waals surface area contributed by atoms with Gasteiger partial charge in [0.2, 0.25) is 0 Å². The SMILES string of the molecule is O=C(c1ccc(O)cc1)C1CCN(C(=O)c2csc(COc3ccc(F)cc3)n2)CC1. The van der Waals surface area contributed by atoms with E-state index in [9.17, 15) is 19.1 Å². The van der Waals surface area contributed by atoms with Gasteiger partial charge in [-0.3, -0.25) is 9.59 Å². The standard InChI is InChI=1S/C23H21FN2O4S/c24-17-3-7-19(8-4-17)30-13-21-25-20(14-31-21)23(29)26-11-9-16(10-12-26)22(28)15-1-5-18(27)6-2-15/h1-8,14,16,27H,9-13H2. The van der Waals surface area contributed by atoms with E-state index in [1.807, 2.05) is 0 Å². The van der Waals surface area contributed by atoms with Crippen LogP contribution in [0.15, 0.2) is 53.9 Å². The molecule has 4 rings (SSSR count). The second-order valence-electron chi connectivity index (χ2n) is 7.35. The molecule has 1 amide bonds. The van der Waals surface area contributed by atoms with Crippen LogP contribution in [0, 0.1) is 11.7 Å². The Morgan fingerprint density at radius 1 is 1.10 bits per heavy atom. The molecule has 0 aliphatic carbocycles. The average Bonchev–Trinajstić information content (AvgIpc) is 3.27. The fourth-order valence-electron chi connectivity index (χ4n) is 3.52. The largest absolute Gasteiger partial charge is 0.508 e. The lowest BCUT2D eigenvalue weighted by atomic mass is 9.89. The molecule has 0 bridgehead atoms. The number of likely N-dealkylation sites (tertiary alicyclic amines) is 1. The van der Waals surface area contributed by atoms with Gasteiger partial charge in [-0.2, -0.15) is 0 Å². The summed E-state index contributed by atoms with van der Waals surface area (Å²) in [6, 6.07) is 12.0. The minimum absolute atomic E-state index is 0.0426. The summed E-state index contributed by atoms with van der Waals surface area (Å²) in [5, 5.41) is 11.7. The number of amides is 1. The highest BCUT2D eigenvalue weighted by Gasteiger charge is 2.29. The summed E-state index contributed by atoms with van der Waals surface area (Å²) >= 11 is 1.34. The lowest BCUT2D eigenvalue weighted by Crippen LogP contribution is -2.40. The molecule has 1 aliphatic heterocycles. The first-order valence-corrected chi connectivity index (χ1v) is 10.8. The molecule has 1 aliphatic rings. The number of phenols is 1. The number of nitrogens with zero attached hydrogens (tertiary/aromatic N) is 2. The highest BCUT2D eigenvalue weighted by molar-refractivity contribution is 7.09. The van der Waals surface area contributed by atoms with Crippen LogP contribution in [-0.2, 0) is 6.61 Å². The molecular formula is C23H21FN2O4S. The maximum atomic E-state index is 13.0. The number of rotatable bonds is 6. The quantitative estimate of drug-likeness (QED) is 0.578. The molecule has 1 fully saturated rings. The van der Waals surface area contributed by atoms with Crippen molar-refractivity contribution >= 4 is 23.0 Å². The van der Waals surface area contributed by atoms with Gasteiger partial charge in [0.15, 0.2) is 5.78 Å². The number of aromatic nitrogens is 1. The predicted octanol–water partition coefficient (Wildman–Crippen LogP) is 4.30. The van der Waals surface area contributed by atoms with Crippen molar-refractivity contribution < 1.29 is 23.8 Å². The van der Waals surface area contributed by atoms with Crippen molar-refractivity contribution in [1.82, 2.24) is 9.88 Å². The molecule has 0 spiro atoms. The molecule has 1 aromatic heterocycles. The zero-order valence-corrected chi connectivity index (χ0v) is 17.5. The molecule has 0 radical (unpaired) electrons. The van der Waals surface area contributed by atoms with Crippen LogP contribution in [0.25, 0.3) is 0 Å². The second-order valence-corrected chi connectivity index (χ2v) is 8.29. The zero-order chi connectivity index (χ0) is 21.8. The Labute approximate surface area is 182 Å². The number of hydrogen-bond acceptors (Lipinski definition) is 6. The Bertz CT molecular complexity index is 1060. The number of benzene rings is 2. The van der Waals surface area contributed by atoms with Gasteiger partial charge in [0.05, 0.1) is 0 Å². The van der Waals surface area contributed by atoms with Crippen molar-refractivity contribution in [2.45, 2.75) is 19.4 Å². The van der Waals surface area contributed by atoms with Crippen LogP contribution in [-0.4, -0.2) is 39.8 Å². The van der Waals surface area contributed by atoms with Crippen LogP contribution in [0.4, 0.5) is 4.39 Å². The number of hydrogen-bond donors (Lipinski definition) is 1. The predicted molar refractivity (Wildman–Crippen MR) is 114 cm³/mol. The minimum atomic E-state index is -0.331. The monoisotopic (exact) mass is 440 g/mol. The van der Waals surface area contributed by atoms with Crippen molar-refractivity contribution in [2.75, 3.05) is 13.1 Å². The number of phenolic OH excluding ortho intramolecular Hbond substituents is 1. The Kier molecular flexibility index (Phi) is 6.27. The van der Waals surface area contributed by atoms with E-state index < -0.39 is 0 Å². The molecule has 31 heavy (non-hydrogen) atoms. The number of carbonyl (C=O) groups excluding carboxylic acids is 2. The lowest BCUT2D eigenvalue weighted by Gasteiger charge is -2.30. The number of thiazole rings is 1. The van der Waals surface area contributed by atoms with Crippen molar-refractivity contribution in [3.8, 4) is 11.5 Å². The van der Waals surface area contributed by atoms with E-state index >= 15 is 0 Å². The summed E-state index contributed by atoms with van der Waals surface area (Å²) in [7, 11) is 0. The highest BCUT2D eigenvalue weighted by Crippen LogP contribution is 2.24. The van der Waals surface area contributed by atoms with Gasteiger partial charge < -0.3 is 14.7 Å². The van der Waals surface area contributed by atoms with Gasteiger partial charge in [-0.25, -0.2) is 9.37 Å². The summed E-state index contributed by atoms with van der Waals surface area (Å²) < 4.78 is 18.5. The number of ether oxygens (including phenoxy) is 1. The first kappa shape index (κ1) is 21.0. The average molecular weight is 440 g/mol. The van der Waals surface area contributed by atoms with E-state index in [4.69, 9.17) is 4.74 Å². The van der Waals surface area contributed by atoms with E-state index in [2.05, 4.69) is 4.98 Å². The number of Topliss-reactive ketones (excluding diaryl/α,β-unsaturated/α-hetero) is 1. The Morgan fingerprint density at radius 2 is 1.77 bits per heavy atom. The third-order valence-electron chi connectivity index (χ3n) is 5.25. The van der Waals surface area contributed by atoms with E-state index in [0.29, 0.717) is 47.9 Å². The number of piperidine rings is 1. The van der Waals surface area contributed by atoms with Crippen molar-refractivity contribution in [2.24, 2.45) is 5.92 Å². The summed E-state index contributed by atoms with van der Waals surface area (Å²) in [5.41, 5.74) is 0.943. The molecule has 2 heterocycles. The zero-order valence-electron chi connectivity index (χ0n) is 16.7. The molecule has 1 N–H and O–H groups in total. The minimum Gasteiger partial charge on any atom is -0.508 e. The van der Waals surface area contributed by atoms with Crippen LogP contribution in [0.5, 0.6) is 11.5 Å². The molecule has 0 unspecified atom stereocenters. The van der Waals surface area contributed by atoms with Gasteiger partial charge >= 0.3 is 0 Å². The Morgan fingerprint density at radius 3 is 2.45 bits per heavy atom. The van der Waals surface area contributed by atoms with E-state index in [0.717, 1.165) is 0 Å². The maximum Gasteiger partial charge on any atom is 0.273 e. The van der Waals surface area contributed by atoms with Crippen molar-refractivity contribution in [3.63, 3.8) is 0 Å². The van der Waals surface area contributed by atoms with Gasteiger partial charge in [0, 0.05) is 30.0 Å². The van der Waals surface area contributed by atoms with E-state index in [1.165, 1.54) is 35.6 Å². The number of ketones is 1. The maximum absolute atomic E-state index is 13.0. The van der Waals surface area contributed by atoms with Gasteiger partial charge in [-0.05, 0) is 61.4 Å². The third-order valence-corrected chi connectivity index (χ3v) is 6.07. The van der Waals surface area contributed by atoms with Crippen molar-refractivity contribution in [1.29, 1.82) is 0 Å². The number of aromatic hydroxyl groups is 1. The normalized spacial score (nSPS) is 14.4. The lowest BCUT2D eigenvalue weighted by molar-refractivity contribution is 0.0646. The van der Waals surface area contributed by atoms with Crippen molar-refractivity contribution in [3.05, 3.63) is 76.0 Å². The van der Waals surface area contributed by atoms with Gasteiger partial charge in [0.1, 0.15) is 34.6 Å². The summed E-state index contributed by atoms with van der Waals surface area (Å²) in [6.45, 7) is 1.19. The summed E-state index contributed by atoms with van der Waals surface area (Å²) in [4.78, 5) is 31.5. The van der Waals surface area contributed by atoms with Crippen LogP contribution >= 0.6 is 11.3 Å². The van der Waals surface area contributed by atoms with E-state index in [1.54, 1.807) is 34.5 Å². The molecule has 160 valence electrons. The fraction of sp³-hybridized carbons (Fsp3) is 0.261. The Balaban J connectivity index is 1.30. The molecule has 0 atom stereocenters. The Hall–Kier alpha value is -3.26. The third kappa shape index (κ3) is 5.08. The number of carbonyl (C=O) groups is 2. The topological polar surface area (TPSA) is 79.7 Å². The highest BCUT2D eigenvalue weighted by atomic mass is 32.1. The fourth-order valence-corrected chi connectivity index (χ4v) is 4.20. The molecule has 3 aromatic rings. The molecule has 0 saturated carbocycles. The molecule has 1 saturated heterocycles. The second kappa shape index (κ2) is 9.26. The van der Waals surface area contributed by atoms with E-state index in [-0.39, 0.29) is 35.8 Å². The van der Waals surface area contributed by atoms with Gasteiger partial charge in [0.25, 0.3) is 5.91 Å². The first-order chi connectivity index (χ1) is 15.0. The smallest absolute Gasteiger partial charge is 0.273 e. The van der Waals surface area contributed by atoms with Crippen LogP contribution in [0.3, 0.4) is 0 Å². The molecule has 8 heteroatoms. The van der Waals surface area contributed by atoms with Gasteiger partial charge in [-0.15, -0.1) is 11.3 Å². The van der Waals surface area contributed by atoms with Gasteiger partial charge in [-0.1, -0.05) is 0 Å². The summed E-state index contributed by atoms with van der Waals surface area (Å²) in [6.07, 6.45) is 1.19. The molecule has 2 aromatic carbocycles. The van der Waals surface area contributed by atoms with Crippen LogP contribution in [0.1, 0.15) is 38.7 Å². The van der Waals surface area contributed by atoms with Crippen LogP contribution < -0.4 is 4.74 Å². The molecule has 6 nitrogen and oxygen atoms in total. The molecular weight excluding hydrogens is 419 g/mol. The first-order valence-electron chi connectivity index (χ1n) is 9.95.